The fraction of sp³-hybridized carbons (Fsp3) is 0.679. The Morgan fingerprint density at radius 2 is 0.968 bits per heavy atom. The lowest BCUT2D eigenvalue weighted by Gasteiger charge is -2.24. The van der Waals surface area contributed by atoms with Crippen LogP contribution in [0.1, 0.15) is 220 Å². The van der Waals surface area contributed by atoms with E-state index >= 15 is 0 Å². The van der Waals surface area contributed by atoms with Gasteiger partial charge in [-0.25, -0.2) is 0 Å². The first-order valence-corrected chi connectivity index (χ1v) is 25.5. The number of nitrogens with one attached hydrogen (secondary N) is 1. The first kappa shape index (κ1) is 58.8. The van der Waals surface area contributed by atoms with Gasteiger partial charge in [0.25, 0.3) is 0 Å². The number of esters is 1. The SMILES string of the molecule is CC/C=C\C/C=C\C/C=C\C/C=C\C/C=C\CC(CC(=O)NC(CO)C(O)CCCCCCCCCCCCCCC)OC(=O)CCCCCCCCC/C=C/C=C/C=C/CC. The molecule has 62 heavy (non-hydrogen) atoms. The number of allylic oxidation sites excluding steroid dienone is 15. The molecule has 354 valence electrons. The molecule has 6 heteroatoms. The highest BCUT2D eigenvalue weighted by atomic mass is 16.5. The Morgan fingerprint density at radius 1 is 0.516 bits per heavy atom. The Kier molecular flexibility index (Phi) is 46.3. The molecule has 0 radical (unpaired) electrons. The second-order valence-electron chi connectivity index (χ2n) is 16.9. The fourth-order valence-corrected chi connectivity index (χ4v) is 7.16. The zero-order valence-corrected chi connectivity index (χ0v) is 40.2. The average molecular weight is 862 g/mol. The summed E-state index contributed by atoms with van der Waals surface area (Å²) < 4.78 is 5.86. The van der Waals surface area contributed by atoms with Crippen LogP contribution in [0.5, 0.6) is 0 Å². The summed E-state index contributed by atoms with van der Waals surface area (Å²) in [5, 5.41) is 23.7. The van der Waals surface area contributed by atoms with Gasteiger partial charge in [-0.2, -0.15) is 0 Å². The van der Waals surface area contributed by atoms with E-state index in [-0.39, 0.29) is 24.9 Å². The maximum absolute atomic E-state index is 13.2. The molecule has 1 amide bonds. The topological polar surface area (TPSA) is 95.9 Å². The zero-order chi connectivity index (χ0) is 45.2. The molecule has 0 aliphatic rings. The molecule has 6 nitrogen and oxygen atoms in total. The number of ether oxygens (including phenoxy) is 1. The minimum Gasteiger partial charge on any atom is -0.461 e. The number of unbranched alkanes of at least 4 members (excludes halogenated alkanes) is 19. The van der Waals surface area contributed by atoms with E-state index < -0.39 is 18.2 Å². The van der Waals surface area contributed by atoms with Crippen LogP contribution < -0.4 is 5.32 Å². The molecule has 0 spiro atoms. The summed E-state index contributed by atoms with van der Waals surface area (Å²) in [5.41, 5.74) is 0. The number of aliphatic hydroxyl groups excluding tert-OH is 2. The van der Waals surface area contributed by atoms with Crippen molar-refractivity contribution < 1.29 is 24.5 Å². The van der Waals surface area contributed by atoms with Crippen LogP contribution in [0.3, 0.4) is 0 Å². The largest absolute Gasteiger partial charge is 0.461 e. The summed E-state index contributed by atoms with van der Waals surface area (Å²) in [6, 6.07) is -0.739. The molecular weight excluding hydrogens is 767 g/mol. The van der Waals surface area contributed by atoms with Gasteiger partial charge >= 0.3 is 5.97 Å². The van der Waals surface area contributed by atoms with Crippen molar-refractivity contribution in [1.29, 1.82) is 0 Å². The van der Waals surface area contributed by atoms with Crippen molar-refractivity contribution in [1.82, 2.24) is 5.32 Å². The number of carbonyl (C=O) groups is 2. The first-order valence-electron chi connectivity index (χ1n) is 25.5. The number of aliphatic hydroxyl groups is 2. The van der Waals surface area contributed by atoms with Gasteiger partial charge in [-0.3, -0.25) is 9.59 Å². The molecule has 0 aliphatic heterocycles. The average Bonchev–Trinajstić information content (AvgIpc) is 3.26. The van der Waals surface area contributed by atoms with Crippen molar-refractivity contribution in [2.75, 3.05) is 6.61 Å². The molecule has 0 aromatic heterocycles. The lowest BCUT2D eigenvalue weighted by atomic mass is 10.0. The Bertz CT molecular complexity index is 1240. The van der Waals surface area contributed by atoms with Crippen LogP contribution >= 0.6 is 0 Å². The molecule has 0 bridgehead atoms. The van der Waals surface area contributed by atoms with Gasteiger partial charge in [-0.05, 0) is 64.2 Å². The second-order valence-corrected chi connectivity index (χ2v) is 16.9. The van der Waals surface area contributed by atoms with Crippen LogP contribution in [0.2, 0.25) is 0 Å². The smallest absolute Gasteiger partial charge is 0.306 e. The normalized spacial score (nSPS) is 14.1. The number of rotatable bonds is 44. The van der Waals surface area contributed by atoms with Crippen molar-refractivity contribution in [3.05, 3.63) is 97.2 Å². The summed E-state index contributed by atoms with van der Waals surface area (Å²) in [7, 11) is 0. The highest BCUT2D eigenvalue weighted by Crippen LogP contribution is 2.16. The molecule has 0 aromatic rings. The summed E-state index contributed by atoms with van der Waals surface area (Å²) in [6.07, 6.45) is 64.8. The Hall–Kier alpha value is -3.22. The van der Waals surface area contributed by atoms with Crippen molar-refractivity contribution in [3.63, 3.8) is 0 Å². The highest BCUT2D eigenvalue weighted by Gasteiger charge is 2.23. The van der Waals surface area contributed by atoms with Gasteiger partial charge in [0.2, 0.25) is 5.91 Å². The quantitative estimate of drug-likeness (QED) is 0.0245. The molecule has 3 unspecified atom stereocenters. The van der Waals surface area contributed by atoms with Crippen molar-refractivity contribution in [2.24, 2.45) is 0 Å². The van der Waals surface area contributed by atoms with E-state index in [4.69, 9.17) is 4.74 Å². The van der Waals surface area contributed by atoms with E-state index in [9.17, 15) is 19.8 Å². The number of amides is 1. The molecule has 0 saturated carbocycles. The van der Waals surface area contributed by atoms with Crippen LogP contribution in [0.15, 0.2) is 97.2 Å². The van der Waals surface area contributed by atoms with E-state index in [0.29, 0.717) is 19.3 Å². The zero-order valence-electron chi connectivity index (χ0n) is 40.2. The van der Waals surface area contributed by atoms with Gasteiger partial charge in [0.05, 0.1) is 25.2 Å². The molecular formula is C56H95NO5. The standard InChI is InChI=1S/C56H95NO5/c1-4-7-10-13-16-19-22-25-27-30-32-35-38-41-44-47-52(62-56(61)49-46-43-40-37-34-31-28-26-23-20-17-14-11-8-5-2)50-55(60)57-53(51-58)54(59)48-45-42-39-36-33-29-24-21-18-15-12-9-6-3/h7-8,10-11,14,16-17,19-20,23,25,27,32,35,41,44,52-54,58-59H,4-6,9,12-13,15,18,21-22,24,26,28-31,33-34,36-40,42-43,45-51H2,1-3H3,(H,57,60)/b10-7-,11-8+,17-14+,19-16-,23-20+,27-25-,35-32-,44-41-. The summed E-state index contributed by atoms with van der Waals surface area (Å²) in [6.45, 7) is 6.20. The van der Waals surface area contributed by atoms with Crippen molar-refractivity contribution >= 4 is 11.9 Å². The summed E-state index contributed by atoms with van der Waals surface area (Å²) in [5.74, 6) is -0.600. The number of carbonyl (C=O) groups excluding carboxylic acids is 2. The maximum Gasteiger partial charge on any atom is 0.306 e. The van der Waals surface area contributed by atoms with E-state index in [1.165, 1.54) is 89.9 Å². The van der Waals surface area contributed by atoms with Gasteiger partial charge in [-0.1, -0.05) is 234 Å². The Morgan fingerprint density at radius 3 is 1.48 bits per heavy atom. The third-order valence-electron chi connectivity index (χ3n) is 11.0. The van der Waals surface area contributed by atoms with Gasteiger partial charge in [-0.15, -0.1) is 0 Å². The lowest BCUT2D eigenvalue weighted by molar-refractivity contribution is -0.150. The predicted octanol–water partition coefficient (Wildman–Crippen LogP) is 15.3. The minimum atomic E-state index is -0.819. The molecule has 0 fully saturated rings. The van der Waals surface area contributed by atoms with E-state index in [1.807, 2.05) is 12.2 Å². The van der Waals surface area contributed by atoms with E-state index in [0.717, 1.165) is 83.5 Å². The van der Waals surface area contributed by atoms with Gasteiger partial charge < -0.3 is 20.3 Å². The van der Waals surface area contributed by atoms with Crippen LogP contribution in [-0.2, 0) is 14.3 Å². The number of hydrogen-bond donors (Lipinski definition) is 3. The third-order valence-corrected chi connectivity index (χ3v) is 11.0. The Labute approximate surface area is 382 Å². The predicted molar refractivity (Wildman–Crippen MR) is 268 cm³/mol. The molecule has 3 atom stereocenters. The second kappa shape index (κ2) is 48.8. The molecule has 0 aliphatic carbocycles. The van der Waals surface area contributed by atoms with Crippen molar-refractivity contribution in [2.45, 2.75) is 238 Å². The molecule has 0 aromatic carbocycles. The van der Waals surface area contributed by atoms with Gasteiger partial charge in [0, 0.05) is 12.8 Å². The highest BCUT2D eigenvalue weighted by molar-refractivity contribution is 5.77. The van der Waals surface area contributed by atoms with Crippen LogP contribution in [-0.4, -0.2) is 46.9 Å². The fourth-order valence-electron chi connectivity index (χ4n) is 7.16. The summed E-state index contributed by atoms with van der Waals surface area (Å²) in [4.78, 5) is 26.1. The van der Waals surface area contributed by atoms with E-state index in [1.54, 1.807) is 0 Å². The molecule has 0 heterocycles. The molecule has 0 saturated heterocycles. The third kappa shape index (κ3) is 43.4. The Balaban J connectivity index is 4.75. The minimum absolute atomic E-state index is 0.0105. The van der Waals surface area contributed by atoms with Crippen LogP contribution in [0, 0.1) is 0 Å². The summed E-state index contributed by atoms with van der Waals surface area (Å²) >= 11 is 0. The number of hydrogen-bond acceptors (Lipinski definition) is 5. The van der Waals surface area contributed by atoms with Gasteiger partial charge in [0.15, 0.2) is 0 Å². The van der Waals surface area contributed by atoms with Crippen molar-refractivity contribution in [3.8, 4) is 0 Å². The van der Waals surface area contributed by atoms with E-state index in [2.05, 4.69) is 111 Å². The monoisotopic (exact) mass is 862 g/mol. The molecule has 0 rings (SSSR count). The molecule has 3 N–H and O–H groups in total. The first-order chi connectivity index (χ1) is 30.5. The van der Waals surface area contributed by atoms with Crippen LogP contribution in [0.4, 0.5) is 0 Å². The lowest BCUT2D eigenvalue weighted by Crippen LogP contribution is -2.46. The maximum atomic E-state index is 13.2. The van der Waals surface area contributed by atoms with Gasteiger partial charge in [0.1, 0.15) is 6.10 Å². The van der Waals surface area contributed by atoms with Crippen LogP contribution in [0.25, 0.3) is 0 Å².